The van der Waals surface area contributed by atoms with Gasteiger partial charge in [-0.2, -0.15) is 0 Å². The molecule has 0 saturated carbocycles. The van der Waals surface area contributed by atoms with Gasteiger partial charge in [0.1, 0.15) is 5.82 Å². The second-order valence-corrected chi connectivity index (χ2v) is 14.0. The number of halogens is 2. The number of benzene rings is 5. The van der Waals surface area contributed by atoms with Crippen molar-refractivity contribution in [1.82, 2.24) is 0 Å². The number of sulfonamides is 2. The molecular weight excluding hydrogens is 637 g/mol. The Morgan fingerprint density at radius 1 is 0.733 bits per heavy atom. The number of amides is 1. The van der Waals surface area contributed by atoms with E-state index in [0.29, 0.717) is 10.6 Å². The lowest BCUT2D eigenvalue weighted by Crippen LogP contribution is -2.32. The topological polar surface area (TPSA) is 113 Å². The molecule has 0 aliphatic rings. The summed E-state index contributed by atoms with van der Waals surface area (Å²) in [6.07, 6.45) is 0. The van der Waals surface area contributed by atoms with Gasteiger partial charge in [0, 0.05) is 16.4 Å². The molecular formula is C33H27ClFN3O5S2. The van der Waals surface area contributed by atoms with Gasteiger partial charge in [-0.1, -0.05) is 53.6 Å². The summed E-state index contributed by atoms with van der Waals surface area (Å²) in [5, 5.41) is 3.22. The molecule has 0 radical (unpaired) electrons. The van der Waals surface area contributed by atoms with E-state index in [-0.39, 0.29) is 39.0 Å². The van der Waals surface area contributed by atoms with Crippen LogP contribution in [0.4, 0.5) is 21.5 Å². The SMILES string of the molecule is Cc1ccc(S(=O)(=O)N(Cc2ccc(Cl)cc2)c2ccccc2C(=O)Nc2ccc(S(=O)(=O)Nc3ccc(F)cc3)cc2)cc1. The van der Waals surface area contributed by atoms with Gasteiger partial charge in [0.25, 0.3) is 26.0 Å². The van der Waals surface area contributed by atoms with Gasteiger partial charge in [0.2, 0.25) is 0 Å². The van der Waals surface area contributed by atoms with Gasteiger partial charge in [-0.3, -0.25) is 13.8 Å². The standard InChI is InChI=1S/C33H27ClFN3O5S2/c1-23-6-18-30(19-7-23)45(42,43)38(22-24-8-10-25(34)11-9-24)32-5-3-2-4-31(32)33(39)36-27-16-20-29(21-17-27)44(40,41)37-28-14-12-26(35)13-15-28/h2-21,37H,22H2,1H3,(H,36,39). The van der Waals surface area contributed by atoms with Crippen molar-refractivity contribution in [2.75, 3.05) is 14.3 Å². The van der Waals surface area contributed by atoms with Crippen LogP contribution in [0.25, 0.3) is 0 Å². The summed E-state index contributed by atoms with van der Waals surface area (Å²) in [6.45, 7) is 1.77. The molecule has 5 aromatic rings. The first-order chi connectivity index (χ1) is 21.4. The minimum Gasteiger partial charge on any atom is -0.322 e. The molecule has 0 fully saturated rings. The van der Waals surface area contributed by atoms with Crippen LogP contribution in [0.5, 0.6) is 0 Å². The number of para-hydroxylation sites is 1. The summed E-state index contributed by atoms with van der Waals surface area (Å²) in [6, 6.07) is 29.8. The monoisotopic (exact) mass is 663 g/mol. The third-order valence-corrected chi connectivity index (χ3v) is 10.2. The number of aryl methyl sites for hydroxylation is 1. The van der Waals surface area contributed by atoms with E-state index in [2.05, 4.69) is 10.0 Å². The van der Waals surface area contributed by atoms with Crippen LogP contribution in [0.2, 0.25) is 5.02 Å². The molecule has 12 heteroatoms. The van der Waals surface area contributed by atoms with Crippen LogP contribution in [-0.2, 0) is 26.6 Å². The van der Waals surface area contributed by atoms with Crippen LogP contribution < -0.4 is 14.3 Å². The van der Waals surface area contributed by atoms with E-state index in [1.807, 2.05) is 6.92 Å². The Labute approximate surface area is 266 Å². The Bertz CT molecular complexity index is 2040. The summed E-state index contributed by atoms with van der Waals surface area (Å²) in [4.78, 5) is 13.6. The first kappa shape index (κ1) is 31.7. The number of nitrogens with one attached hydrogen (secondary N) is 2. The maximum absolute atomic E-state index is 14.0. The Morgan fingerprint density at radius 2 is 1.31 bits per heavy atom. The smallest absolute Gasteiger partial charge is 0.264 e. The van der Waals surface area contributed by atoms with Gasteiger partial charge in [-0.05, 0) is 97.4 Å². The Kier molecular flexibility index (Phi) is 9.24. The van der Waals surface area contributed by atoms with Gasteiger partial charge in [0.15, 0.2) is 0 Å². The van der Waals surface area contributed by atoms with Crippen molar-refractivity contribution in [3.63, 3.8) is 0 Å². The molecule has 0 bridgehead atoms. The highest BCUT2D eigenvalue weighted by atomic mass is 35.5. The highest BCUT2D eigenvalue weighted by Gasteiger charge is 2.29. The van der Waals surface area contributed by atoms with E-state index in [4.69, 9.17) is 11.6 Å². The van der Waals surface area contributed by atoms with E-state index in [9.17, 15) is 26.0 Å². The fourth-order valence-electron chi connectivity index (χ4n) is 4.42. The van der Waals surface area contributed by atoms with Crippen molar-refractivity contribution < 1.29 is 26.0 Å². The van der Waals surface area contributed by atoms with Crippen molar-refractivity contribution in [3.05, 3.63) is 149 Å². The lowest BCUT2D eigenvalue weighted by Gasteiger charge is -2.27. The Hall–Kier alpha value is -4.71. The van der Waals surface area contributed by atoms with E-state index in [0.717, 1.165) is 17.7 Å². The second-order valence-electron chi connectivity index (χ2n) is 10.1. The average Bonchev–Trinajstić information content (AvgIpc) is 3.02. The summed E-state index contributed by atoms with van der Waals surface area (Å²) in [5.41, 5.74) is 2.24. The van der Waals surface area contributed by atoms with Gasteiger partial charge in [-0.25, -0.2) is 21.2 Å². The number of rotatable bonds is 10. The molecule has 5 aromatic carbocycles. The number of hydrogen-bond donors (Lipinski definition) is 2. The zero-order chi connectivity index (χ0) is 32.2. The maximum atomic E-state index is 14.0. The van der Waals surface area contributed by atoms with Crippen molar-refractivity contribution in [1.29, 1.82) is 0 Å². The number of hydrogen-bond acceptors (Lipinski definition) is 5. The zero-order valence-electron chi connectivity index (χ0n) is 23.8. The molecule has 0 spiro atoms. The van der Waals surface area contributed by atoms with Crippen LogP contribution in [-0.4, -0.2) is 22.7 Å². The molecule has 0 saturated heterocycles. The molecule has 2 N–H and O–H groups in total. The fraction of sp³-hybridized carbons (Fsp3) is 0.0606. The summed E-state index contributed by atoms with van der Waals surface area (Å²) in [7, 11) is -8.12. The maximum Gasteiger partial charge on any atom is 0.264 e. The van der Waals surface area contributed by atoms with Crippen molar-refractivity contribution in [3.8, 4) is 0 Å². The second kappa shape index (κ2) is 13.1. The first-order valence-corrected chi connectivity index (χ1v) is 16.9. The molecule has 0 aliphatic carbocycles. The first-order valence-electron chi connectivity index (χ1n) is 13.5. The van der Waals surface area contributed by atoms with Crippen molar-refractivity contribution in [2.45, 2.75) is 23.3 Å². The predicted octanol–water partition coefficient (Wildman–Crippen LogP) is 7.24. The van der Waals surface area contributed by atoms with Gasteiger partial charge in [0.05, 0.1) is 27.6 Å². The van der Waals surface area contributed by atoms with E-state index in [1.54, 1.807) is 54.6 Å². The molecule has 0 heterocycles. The van der Waals surface area contributed by atoms with Crippen LogP contribution in [0.3, 0.4) is 0 Å². The average molecular weight is 664 g/mol. The van der Waals surface area contributed by atoms with Crippen LogP contribution >= 0.6 is 11.6 Å². The summed E-state index contributed by atoms with van der Waals surface area (Å²) < 4.78 is 70.4. The van der Waals surface area contributed by atoms with Crippen molar-refractivity contribution >= 4 is 54.6 Å². The molecule has 0 aliphatic heterocycles. The minimum atomic E-state index is -4.13. The number of carbonyl (C=O) groups excluding carboxylic acids is 1. The number of carbonyl (C=O) groups is 1. The molecule has 1 amide bonds. The predicted molar refractivity (Wildman–Crippen MR) is 174 cm³/mol. The van der Waals surface area contributed by atoms with Crippen molar-refractivity contribution in [2.24, 2.45) is 0 Å². The van der Waals surface area contributed by atoms with E-state index < -0.39 is 31.8 Å². The van der Waals surface area contributed by atoms with Gasteiger partial charge < -0.3 is 5.32 Å². The Morgan fingerprint density at radius 3 is 1.96 bits per heavy atom. The fourth-order valence-corrected chi connectivity index (χ4v) is 7.08. The largest absolute Gasteiger partial charge is 0.322 e. The van der Waals surface area contributed by atoms with Crippen LogP contribution in [0.15, 0.2) is 131 Å². The lowest BCUT2D eigenvalue weighted by atomic mass is 10.1. The summed E-state index contributed by atoms with van der Waals surface area (Å²) in [5.74, 6) is -1.11. The lowest BCUT2D eigenvalue weighted by molar-refractivity contribution is 0.102. The molecule has 0 unspecified atom stereocenters. The molecule has 0 atom stereocenters. The number of nitrogens with zero attached hydrogens (tertiary/aromatic N) is 1. The Balaban J connectivity index is 1.43. The molecule has 8 nitrogen and oxygen atoms in total. The van der Waals surface area contributed by atoms with E-state index >= 15 is 0 Å². The quantitative estimate of drug-likeness (QED) is 0.164. The van der Waals surface area contributed by atoms with Crippen LogP contribution in [0.1, 0.15) is 21.5 Å². The highest BCUT2D eigenvalue weighted by Crippen LogP contribution is 2.30. The van der Waals surface area contributed by atoms with E-state index in [1.165, 1.54) is 58.9 Å². The molecule has 45 heavy (non-hydrogen) atoms. The third kappa shape index (κ3) is 7.51. The molecule has 0 aromatic heterocycles. The third-order valence-electron chi connectivity index (χ3n) is 6.78. The zero-order valence-corrected chi connectivity index (χ0v) is 26.2. The number of anilines is 3. The van der Waals surface area contributed by atoms with Gasteiger partial charge in [-0.15, -0.1) is 0 Å². The minimum absolute atomic E-state index is 0.0586. The summed E-state index contributed by atoms with van der Waals surface area (Å²) >= 11 is 6.05. The van der Waals surface area contributed by atoms with Gasteiger partial charge >= 0.3 is 0 Å². The highest BCUT2D eigenvalue weighted by molar-refractivity contribution is 7.93. The normalized spacial score (nSPS) is 11.5. The molecule has 230 valence electrons. The van der Waals surface area contributed by atoms with Crippen LogP contribution in [0, 0.1) is 12.7 Å². The molecule has 5 rings (SSSR count).